The molecule has 284 valence electrons. The number of hydrogen-bond acceptors (Lipinski definition) is 4. The van der Waals surface area contributed by atoms with Crippen molar-refractivity contribution in [2.45, 2.75) is 200 Å². The molecular weight excluding hydrogens is 608 g/mol. The van der Waals surface area contributed by atoms with Gasteiger partial charge in [-0.15, -0.1) is 0 Å². The summed E-state index contributed by atoms with van der Waals surface area (Å²) in [5.74, 6) is -0.547. The van der Waals surface area contributed by atoms with Crippen LogP contribution in [0, 0.1) is 22.2 Å². The molecule has 0 radical (unpaired) electrons. The van der Waals surface area contributed by atoms with Crippen LogP contribution in [0.15, 0.2) is 0 Å². The third kappa shape index (κ3) is 13.5. The number of carbonyl (C=O) groups excluding carboxylic acids is 3. The Morgan fingerprint density at radius 1 is 0.510 bits per heavy atom. The van der Waals surface area contributed by atoms with E-state index in [1.807, 2.05) is 0 Å². The number of nitrogens with one attached hydrogen (secondary N) is 1. The maximum Gasteiger partial charge on any atom is 0.226 e. The fourth-order valence-corrected chi connectivity index (χ4v) is 10.2. The Hall–Kier alpha value is -1.63. The summed E-state index contributed by atoms with van der Waals surface area (Å²) in [6, 6.07) is 0. The summed E-state index contributed by atoms with van der Waals surface area (Å²) in [6.45, 7) is 8.81. The monoisotopic (exact) mass is 687 g/mol. The third-order valence-corrected chi connectivity index (χ3v) is 12.7. The molecule has 0 heterocycles. The number of amides is 3. The predicted molar refractivity (Wildman–Crippen MR) is 204 cm³/mol. The highest BCUT2D eigenvalue weighted by Crippen LogP contribution is 2.69. The van der Waals surface area contributed by atoms with Gasteiger partial charge in [-0.2, -0.15) is 0 Å². The second-order valence-electron chi connectivity index (χ2n) is 17.1. The fourth-order valence-electron chi connectivity index (χ4n) is 10.2. The van der Waals surface area contributed by atoms with Crippen molar-refractivity contribution in [3.05, 3.63) is 0 Å². The lowest BCUT2D eigenvalue weighted by atomic mass is 9.39. The van der Waals surface area contributed by atoms with Gasteiger partial charge in [0.05, 0.1) is 16.2 Å². The van der Waals surface area contributed by atoms with Crippen LogP contribution >= 0.6 is 0 Å². The van der Waals surface area contributed by atoms with Gasteiger partial charge in [0.2, 0.25) is 17.7 Å². The Kier molecular flexibility index (Phi) is 19.0. The van der Waals surface area contributed by atoms with Gasteiger partial charge in [-0.3, -0.25) is 14.4 Å². The van der Waals surface area contributed by atoms with Gasteiger partial charge in [-0.1, -0.05) is 136 Å². The normalized spacial score (nSPS) is 25.7. The number of carbonyl (C=O) groups is 3. The Morgan fingerprint density at radius 2 is 0.837 bits per heavy atom. The summed E-state index contributed by atoms with van der Waals surface area (Å²) >= 11 is 0. The molecule has 0 spiro atoms. The maximum atomic E-state index is 13.7. The first kappa shape index (κ1) is 41.8. The van der Waals surface area contributed by atoms with Crippen LogP contribution < -0.4 is 16.8 Å². The van der Waals surface area contributed by atoms with Gasteiger partial charge in [0.15, 0.2) is 0 Å². The van der Waals surface area contributed by atoms with Crippen molar-refractivity contribution in [2.75, 3.05) is 26.2 Å². The summed E-state index contributed by atoms with van der Waals surface area (Å²) in [6.07, 6.45) is 34.3. The molecule has 0 saturated heterocycles. The van der Waals surface area contributed by atoms with E-state index in [1.54, 1.807) is 0 Å². The SMILES string of the molecule is CCCCCCCCCCCCN(CCCCCCCCCCCC)CCCCCNC(=O)C12CC3CC(C(N)=O)(CC(C(N)=O)(C3)C1)C2. The quantitative estimate of drug-likeness (QED) is 0.0630. The molecule has 7 nitrogen and oxygen atoms in total. The molecule has 2 unspecified atom stereocenters. The zero-order valence-electron chi connectivity index (χ0n) is 32.2. The molecule has 49 heavy (non-hydrogen) atoms. The highest BCUT2D eigenvalue weighted by atomic mass is 16.2. The molecule has 2 atom stereocenters. The first-order chi connectivity index (χ1) is 23.7. The lowest BCUT2D eigenvalue weighted by Gasteiger charge is -2.63. The topological polar surface area (TPSA) is 119 Å². The van der Waals surface area contributed by atoms with Crippen molar-refractivity contribution in [3.63, 3.8) is 0 Å². The van der Waals surface area contributed by atoms with E-state index in [0.717, 1.165) is 32.2 Å². The summed E-state index contributed by atoms with van der Waals surface area (Å²) in [4.78, 5) is 41.7. The van der Waals surface area contributed by atoms with E-state index in [-0.39, 0.29) is 23.6 Å². The summed E-state index contributed by atoms with van der Waals surface area (Å²) in [5.41, 5.74) is 9.61. The Labute approximate surface area is 301 Å². The van der Waals surface area contributed by atoms with Gasteiger partial charge in [-0.05, 0) is 89.8 Å². The van der Waals surface area contributed by atoms with Crippen molar-refractivity contribution < 1.29 is 14.4 Å². The molecule has 0 aliphatic heterocycles. The van der Waals surface area contributed by atoms with Gasteiger partial charge in [-0.25, -0.2) is 0 Å². The molecule has 3 amide bonds. The molecule has 0 aromatic rings. The minimum absolute atomic E-state index is 0.0106. The Morgan fingerprint density at radius 3 is 1.22 bits per heavy atom. The van der Waals surface area contributed by atoms with Crippen molar-refractivity contribution >= 4 is 17.7 Å². The minimum atomic E-state index is -0.766. The molecule has 0 aromatic carbocycles. The van der Waals surface area contributed by atoms with E-state index in [4.69, 9.17) is 11.5 Å². The number of nitrogens with zero attached hydrogens (tertiary/aromatic N) is 1. The largest absolute Gasteiger partial charge is 0.369 e. The van der Waals surface area contributed by atoms with Crippen LogP contribution in [0.2, 0.25) is 0 Å². The Bertz CT molecular complexity index is 916. The van der Waals surface area contributed by atoms with Crippen molar-refractivity contribution in [1.29, 1.82) is 0 Å². The fraction of sp³-hybridized carbons (Fsp3) is 0.929. The van der Waals surface area contributed by atoms with Crippen LogP contribution in [-0.4, -0.2) is 48.8 Å². The maximum absolute atomic E-state index is 13.7. The van der Waals surface area contributed by atoms with E-state index in [0.29, 0.717) is 38.6 Å². The van der Waals surface area contributed by atoms with E-state index >= 15 is 0 Å². The van der Waals surface area contributed by atoms with Crippen molar-refractivity contribution in [3.8, 4) is 0 Å². The minimum Gasteiger partial charge on any atom is -0.369 e. The molecule has 4 saturated carbocycles. The van der Waals surface area contributed by atoms with Crippen LogP contribution in [0.1, 0.15) is 200 Å². The molecule has 4 rings (SSSR count). The molecule has 4 aliphatic rings. The first-order valence-electron chi connectivity index (χ1n) is 21.3. The number of unbranched alkanes of at least 4 members (excludes halogenated alkanes) is 20. The molecule has 4 aliphatic carbocycles. The molecular formula is C42H78N4O3. The molecule has 4 bridgehead atoms. The number of primary amides is 2. The zero-order valence-corrected chi connectivity index (χ0v) is 32.2. The smallest absolute Gasteiger partial charge is 0.226 e. The highest BCUT2D eigenvalue weighted by molar-refractivity contribution is 5.91. The van der Waals surface area contributed by atoms with Crippen LogP contribution in [0.25, 0.3) is 0 Å². The van der Waals surface area contributed by atoms with Gasteiger partial charge in [0.25, 0.3) is 0 Å². The molecule has 4 fully saturated rings. The molecule has 5 N–H and O–H groups in total. The van der Waals surface area contributed by atoms with E-state index in [9.17, 15) is 14.4 Å². The average molecular weight is 687 g/mol. The second kappa shape index (κ2) is 22.3. The van der Waals surface area contributed by atoms with Crippen molar-refractivity contribution in [2.24, 2.45) is 33.6 Å². The summed E-state index contributed by atoms with van der Waals surface area (Å²) < 4.78 is 0. The number of nitrogens with two attached hydrogens (primary N) is 2. The highest BCUT2D eigenvalue weighted by Gasteiger charge is 2.69. The zero-order chi connectivity index (χ0) is 35.4. The van der Waals surface area contributed by atoms with E-state index in [2.05, 4.69) is 24.1 Å². The number of rotatable bonds is 31. The lowest BCUT2D eigenvalue weighted by molar-refractivity contribution is -0.185. The third-order valence-electron chi connectivity index (χ3n) is 12.7. The van der Waals surface area contributed by atoms with Crippen LogP contribution in [0.5, 0.6) is 0 Å². The van der Waals surface area contributed by atoms with Crippen LogP contribution in [0.4, 0.5) is 0 Å². The second-order valence-corrected chi connectivity index (χ2v) is 17.1. The lowest BCUT2D eigenvalue weighted by Crippen LogP contribution is -2.66. The van der Waals surface area contributed by atoms with Gasteiger partial charge >= 0.3 is 0 Å². The van der Waals surface area contributed by atoms with E-state index in [1.165, 1.54) is 142 Å². The number of hydrogen-bond donors (Lipinski definition) is 3. The van der Waals surface area contributed by atoms with Crippen LogP contribution in [0.3, 0.4) is 0 Å². The first-order valence-corrected chi connectivity index (χ1v) is 21.3. The van der Waals surface area contributed by atoms with Gasteiger partial charge < -0.3 is 21.7 Å². The van der Waals surface area contributed by atoms with Crippen LogP contribution in [-0.2, 0) is 14.4 Å². The van der Waals surface area contributed by atoms with E-state index < -0.39 is 16.2 Å². The molecule has 7 heteroatoms. The van der Waals surface area contributed by atoms with Gasteiger partial charge in [0, 0.05) is 6.54 Å². The summed E-state index contributed by atoms with van der Waals surface area (Å²) in [7, 11) is 0. The predicted octanol–water partition coefficient (Wildman–Crippen LogP) is 9.34. The van der Waals surface area contributed by atoms with Crippen molar-refractivity contribution in [1.82, 2.24) is 10.2 Å². The standard InChI is InChI=1S/C42H78N4O3/c1-3-5-7-9-11-13-15-17-19-23-27-46(28-24-20-18-16-14-12-10-8-6-4-2)29-25-21-22-26-45-39(49)42-32-36-30-40(34-42,37(43)47)33-41(31-36,35-42)38(44)48/h36H,3-35H2,1-2H3,(H2,43,47)(H2,44,48)(H,45,49). The summed E-state index contributed by atoms with van der Waals surface area (Å²) in [5, 5.41) is 3.23. The average Bonchev–Trinajstić information content (AvgIpc) is 3.06. The molecule has 0 aromatic heterocycles. The Balaban J connectivity index is 1.35. The van der Waals surface area contributed by atoms with Gasteiger partial charge in [0.1, 0.15) is 0 Å².